The van der Waals surface area contributed by atoms with E-state index in [4.69, 9.17) is 5.11 Å². The van der Waals surface area contributed by atoms with Gasteiger partial charge in [-0.25, -0.2) is 4.79 Å². The number of fused-ring (bicyclic) bond motifs is 4. The summed E-state index contributed by atoms with van der Waals surface area (Å²) >= 11 is 0. The van der Waals surface area contributed by atoms with Gasteiger partial charge in [-0.1, -0.05) is 48.6 Å². The average Bonchev–Trinajstić information content (AvgIpc) is 3.30. The number of rotatable bonds is 4. The van der Waals surface area contributed by atoms with E-state index in [1.165, 1.54) is 19.1 Å². The third kappa shape index (κ3) is 5.11. The maximum atomic E-state index is 15.2. The van der Waals surface area contributed by atoms with E-state index in [0.717, 1.165) is 22.3 Å². The molecule has 0 unspecified atom stereocenters. The van der Waals surface area contributed by atoms with E-state index in [2.05, 4.69) is 11.8 Å². The van der Waals surface area contributed by atoms with Crippen molar-refractivity contribution in [3.8, 4) is 11.8 Å². The lowest BCUT2D eigenvalue weighted by atomic mass is 9.50. The molecule has 240 valence electrons. The van der Waals surface area contributed by atoms with E-state index in [-0.39, 0.29) is 30.1 Å². The summed E-state index contributed by atoms with van der Waals surface area (Å²) in [5.74, 6) is -1.73. The minimum Gasteiger partial charge on any atom is -0.478 e. The average molecular weight is 637 g/mol. The number of halogens is 5. The highest BCUT2D eigenvalue weighted by molar-refractivity contribution is 5.93. The summed E-state index contributed by atoms with van der Waals surface area (Å²) in [6, 6.07) is 13.6. The number of hydrogen-bond donors (Lipinski definition) is 2. The van der Waals surface area contributed by atoms with Crippen LogP contribution in [0.1, 0.15) is 84.8 Å². The summed E-state index contributed by atoms with van der Waals surface area (Å²) < 4.78 is 71.7. The van der Waals surface area contributed by atoms with Crippen molar-refractivity contribution in [3.63, 3.8) is 0 Å². The van der Waals surface area contributed by atoms with Gasteiger partial charge in [0.05, 0.1) is 5.56 Å². The Bertz CT molecular complexity index is 1740. The number of carboxylic acid groups (broad SMARTS) is 1. The van der Waals surface area contributed by atoms with Crippen LogP contribution in [0.25, 0.3) is 6.08 Å². The first-order valence-electron chi connectivity index (χ1n) is 15.4. The van der Waals surface area contributed by atoms with Crippen molar-refractivity contribution in [1.29, 1.82) is 0 Å². The van der Waals surface area contributed by atoms with Crippen LogP contribution < -0.4 is 0 Å². The second-order valence-electron chi connectivity index (χ2n) is 13.1. The molecule has 46 heavy (non-hydrogen) atoms. The molecule has 0 spiro atoms. The van der Waals surface area contributed by atoms with Crippen LogP contribution in [0.2, 0.25) is 0 Å². The van der Waals surface area contributed by atoms with Crippen LogP contribution >= 0.6 is 0 Å². The molecule has 4 aliphatic carbocycles. The summed E-state index contributed by atoms with van der Waals surface area (Å²) in [5, 5.41) is 20.6. The van der Waals surface area contributed by atoms with Gasteiger partial charge in [-0.2, -0.15) is 22.0 Å². The van der Waals surface area contributed by atoms with Gasteiger partial charge < -0.3 is 10.2 Å². The molecule has 0 saturated heterocycles. The number of ketones is 1. The quantitative estimate of drug-likeness (QED) is 0.262. The molecular weight excluding hydrogens is 603 g/mol. The van der Waals surface area contributed by atoms with Crippen LogP contribution in [0, 0.1) is 29.1 Å². The van der Waals surface area contributed by atoms with Crippen molar-refractivity contribution in [3.05, 3.63) is 99.7 Å². The molecule has 6 rings (SSSR count). The van der Waals surface area contributed by atoms with E-state index in [1.54, 1.807) is 42.5 Å². The van der Waals surface area contributed by atoms with Crippen molar-refractivity contribution in [2.75, 3.05) is 0 Å². The van der Waals surface area contributed by atoms with Crippen molar-refractivity contribution < 1.29 is 41.8 Å². The maximum absolute atomic E-state index is 15.2. The van der Waals surface area contributed by atoms with Crippen LogP contribution in [0.15, 0.2) is 77.4 Å². The highest BCUT2D eigenvalue weighted by atomic mass is 19.4. The lowest BCUT2D eigenvalue weighted by Gasteiger charge is -2.56. The van der Waals surface area contributed by atoms with Crippen LogP contribution in [-0.4, -0.2) is 39.7 Å². The van der Waals surface area contributed by atoms with Crippen LogP contribution in [0.5, 0.6) is 0 Å². The fourth-order valence-corrected chi connectivity index (χ4v) is 8.55. The van der Waals surface area contributed by atoms with Gasteiger partial charge in [0.1, 0.15) is 5.60 Å². The van der Waals surface area contributed by atoms with Crippen molar-refractivity contribution in [2.45, 2.75) is 75.5 Å². The van der Waals surface area contributed by atoms with Crippen molar-refractivity contribution in [1.82, 2.24) is 0 Å². The second-order valence-corrected chi connectivity index (χ2v) is 13.1. The number of carbonyl (C=O) groups is 2. The molecule has 2 fully saturated rings. The highest BCUT2D eigenvalue weighted by Crippen LogP contribution is 2.70. The predicted molar refractivity (Wildman–Crippen MR) is 162 cm³/mol. The molecule has 2 N–H and O–H groups in total. The molecule has 2 saturated carbocycles. The Morgan fingerprint density at radius 3 is 2.46 bits per heavy atom. The van der Waals surface area contributed by atoms with E-state index >= 15 is 8.78 Å². The van der Waals surface area contributed by atoms with Gasteiger partial charge in [-0.3, -0.25) is 4.79 Å². The first kappa shape index (κ1) is 31.9. The Hall–Kier alpha value is -4.03. The SMILES string of the molecule is C[C@]12C[C@H](c3ccc(C#CC=Cc4cccc(C(=O)O)c4)cc3)C3=C4CCC(=O)C=C4CC[C@H]3[C@@H]1CC[C@@]2(O)C(F)(F)C(F)(F)F. The van der Waals surface area contributed by atoms with Crippen LogP contribution in [-0.2, 0) is 4.79 Å². The van der Waals surface area contributed by atoms with E-state index in [0.29, 0.717) is 36.8 Å². The number of allylic oxidation sites excluding steroid dienone is 5. The van der Waals surface area contributed by atoms with E-state index in [9.17, 15) is 27.9 Å². The summed E-state index contributed by atoms with van der Waals surface area (Å²) in [5.41, 5.74) is 0.205. The zero-order valence-electron chi connectivity index (χ0n) is 25.1. The molecule has 0 heterocycles. The van der Waals surface area contributed by atoms with Crippen LogP contribution in [0.3, 0.4) is 0 Å². The topological polar surface area (TPSA) is 74.6 Å². The Morgan fingerprint density at radius 2 is 1.76 bits per heavy atom. The summed E-state index contributed by atoms with van der Waals surface area (Å²) in [7, 11) is 0. The van der Waals surface area contributed by atoms with Gasteiger partial charge in [0.2, 0.25) is 0 Å². The van der Waals surface area contributed by atoms with Crippen molar-refractivity contribution >= 4 is 17.8 Å². The second kappa shape index (κ2) is 11.3. The molecule has 0 radical (unpaired) electrons. The summed E-state index contributed by atoms with van der Waals surface area (Å²) in [6.07, 6.45) is 0.267. The Kier molecular flexibility index (Phi) is 7.87. The summed E-state index contributed by atoms with van der Waals surface area (Å²) in [4.78, 5) is 23.5. The van der Waals surface area contributed by atoms with E-state index < -0.39 is 47.3 Å². The normalized spacial score (nSPS) is 29.4. The zero-order valence-corrected chi connectivity index (χ0v) is 25.1. The maximum Gasteiger partial charge on any atom is 0.456 e. The molecule has 0 aromatic heterocycles. The fraction of sp³-hybridized carbons (Fsp3) is 0.405. The summed E-state index contributed by atoms with van der Waals surface area (Å²) in [6.45, 7) is 1.41. The fourth-order valence-electron chi connectivity index (χ4n) is 8.55. The number of carbonyl (C=O) groups excluding carboxylic acids is 1. The third-order valence-corrected chi connectivity index (χ3v) is 10.8. The predicted octanol–water partition coefficient (Wildman–Crippen LogP) is 8.28. The molecule has 0 aliphatic heterocycles. The molecular formula is C37H33F5O4. The smallest absolute Gasteiger partial charge is 0.456 e. The molecule has 2 aromatic carbocycles. The van der Waals surface area contributed by atoms with Gasteiger partial charge in [-0.15, -0.1) is 0 Å². The number of hydrogen-bond acceptors (Lipinski definition) is 3. The highest BCUT2D eigenvalue weighted by Gasteiger charge is 2.79. The lowest BCUT2D eigenvalue weighted by Crippen LogP contribution is -2.65. The molecule has 0 amide bonds. The molecule has 2 aromatic rings. The minimum atomic E-state index is -5.89. The molecule has 5 atom stereocenters. The van der Waals surface area contributed by atoms with Crippen LogP contribution in [0.4, 0.5) is 22.0 Å². The van der Waals surface area contributed by atoms with Gasteiger partial charge in [0, 0.05) is 23.3 Å². The molecule has 4 nitrogen and oxygen atoms in total. The largest absolute Gasteiger partial charge is 0.478 e. The number of carboxylic acids is 1. The third-order valence-electron chi connectivity index (χ3n) is 10.8. The first-order chi connectivity index (χ1) is 21.7. The number of benzene rings is 2. The Morgan fingerprint density at radius 1 is 1.02 bits per heavy atom. The van der Waals surface area contributed by atoms with Gasteiger partial charge >= 0.3 is 18.1 Å². The molecule has 0 bridgehead atoms. The Labute approximate surface area is 263 Å². The molecule has 9 heteroatoms. The number of alkyl halides is 5. The van der Waals surface area contributed by atoms with Gasteiger partial charge in [0.15, 0.2) is 5.78 Å². The number of aliphatic hydroxyl groups is 1. The van der Waals surface area contributed by atoms with E-state index in [1.807, 2.05) is 12.1 Å². The van der Waals surface area contributed by atoms with Crippen molar-refractivity contribution in [2.24, 2.45) is 17.3 Å². The minimum absolute atomic E-state index is 0.0293. The lowest BCUT2D eigenvalue weighted by molar-refractivity contribution is -0.362. The standard InChI is InChI=1S/C37H33F5O4/c1-34-21-30(24-11-9-22(10-12-24)5-2-3-6-23-7-4-8-26(19-23)33(44)45)32-28-16-14-27(43)20-25(28)13-15-29(32)31(34)17-18-35(34,46)36(38,39)37(40,41)42/h3-4,6-12,19-20,29-31,46H,13-18,21H2,1H3,(H,44,45)/t29-,30+,31-,34-,35-/m0/s1. The van der Waals surface area contributed by atoms with Gasteiger partial charge in [-0.05, 0) is 115 Å². The van der Waals surface area contributed by atoms with Gasteiger partial charge in [0.25, 0.3) is 0 Å². The first-order valence-corrected chi connectivity index (χ1v) is 15.4. The number of aromatic carboxylic acids is 1. The molecule has 4 aliphatic rings. The Balaban J connectivity index is 1.36. The zero-order chi connectivity index (χ0) is 33.1. The monoisotopic (exact) mass is 636 g/mol.